The van der Waals surface area contributed by atoms with Crippen molar-refractivity contribution in [3.8, 4) is 0 Å². The number of hydrogen-bond acceptors (Lipinski definition) is 6. The molecule has 0 amide bonds. The van der Waals surface area contributed by atoms with E-state index in [2.05, 4.69) is 4.98 Å². The van der Waals surface area contributed by atoms with E-state index in [0.717, 1.165) is 10.6 Å². The number of nitrogens with zero attached hydrogens (tertiary/aromatic N) is 1. The zero-order valence-electron chi connectivity index (χ0n) is 11.2. The molecule has 0 spiro atoms. The first-order valence-corrected chi connectivity index (χ1v) is 6.38. The van der Waals surface area contributed by atoms with E-state index in [0.29, 0.717) is 0 Å². The molecule has 4 unspecified atom stereocenters. The van der Waals surface area contributed by atoms with E-state index >= 15 is 0 Å². The van der Waals surface area contributed by atoms with Crippen LogP contribution < -0.4 is 11.2 Å². The van der Waals surface area contributed by atoms with Crippen molar-refractivity contribution in [3.63, 3.8) is 0 Å². The lowest BCUT2D eigenvalue weighted by Gasteiger charge is -2.28. The maximum absolute atomic E-state index is 13.4. The van der Waals surface area contributed by atoms with E-state index in [1.54, 1.807) is 6.92 Å². The summed E-state index contributed by atoms with van der Waals surface area (Å²) in [7, 11) is 0. The Hall–Kier alpha value is -1.55. The molecule has 2 aliphatic rings. The molecule has 4 atom stereocenters. The zero-order valence-corrected chi connectivity index (χ0v) is 11.2. The van der Waals surface area contributed by atoms with Crippen molar-refractivity contribution in [2.45, 2.75) is 30.5 Å². The van der Waals surface area contributed by atoms with Crippen LogP contribution in [-0.2, 0) is 14.2 Å². The molecule has 0 bridgehead atoms. The Balaban J connectivity index is 2.11. The molecule has 3 rings (SSSR count). The van der Waals surface area contributed by atoms with E-state index in [9.17, 15) is 19.1 Å². The molecular formula is C12H15FN2O6. The fourth-order valence-electron chi connectivity index (χ4n) is 2.96. The third kappa shape index (κ3) is 1.89. The van der Waals surface area contributed by atoms with Crippen LogP contribution in [0.15, 0.2) is 21.9 Å². The highest BCUT2D eigenvalue weighted by Crippen LogP contribution is 2.50. The molecule has 3 heterocycles. The van der Waals surface area contributed by atoms with Crippen molar-refractivity contribution in [2.75, 3.05) is 20.1 Å². The number of aromatic nitrogens is 2. The van der Waals surface area contributed by atoms with Crippen molar-refractivity contribution in [1.29, 1.82) is 0 Å². The second-order valence-electron chi connectivity index (χ2n) is 5.34. The maximum atomic E-state index is 13.4. The lowest BCUT2D eigenvalue weighted by atomic mass is 9.88. The fourth-order valence-corrected chi connectivity index (χ4v) is 2.96. The first-order chi connectivity index (χ1) is 9.97. The molecule has 21 heavy (non-hydrogen) atoms. The molecule has 116 valence electrons. The topological polar surface area (TPSA) is 103 Å². The Bertz CT molecular complexity index is 654. The van der Waals surface area contributed by atoms with Crippen LogP contribution in [0.25, 0.3) is 0 Å². The van der Waals surface area contributed by atoms with Gasteiger partial charge in [0.05, 0.1) is 6.61 Å². The van der Waals surface area contributed by atoms with Crippen LogP contribution in [0.3, 0.4) is 0 Å². The van der Waals surface area contributed by atoms with Crippen molar-refractivity contribution in [3.05, 3.63) is 33.1 Å². The summed E-state index contributed by atoms with van der Waals surface area (Å²) in [5.41, 5.74) is -4.03. The molecule has 0 aromatic carbocycles. The number of rotatable bonds is 3. The van der Waals surface area contributed by atoms with Crippen LogP contribution >= 0.6 is 0 Å². The summed E-state index contributed by atoms with van der Waals surface area (Å²) in [6.07, 6.45) is -0.664. The molecule has 0 radical (unpaired) electrons. The highest BCUT2D eigenvalue weighted by Gasteiger charge is 2.67. The molecule has 8 nitrogen and oxygen atoms in total. The summed E-state index contributed by atoms with van der Waals surface area (Å²) in [6.45, 7) is -0.107. The number of halogens is 1. The van der Waals surface area contributed by atoms with Gasteiger partial charge >= 0.3 is 5.69 Å². The Labute approximate surface area is 118 Å². The van der Waals surface area contributed by atoms with Crippen LogP contribution in [0.5, 0.6) is 0 Å². The lowest BCUT2D eigenvalue weighted by Crippen LogP contribution is -2.51. The minimum atomic E-state index is -1.61. The minimum Gasteiger partial charge on any atom is -0.393 e. The van der Waals surface area contributed by atoms with Gasteiger partial charge < -0.3 is 19.3 Å². The van der Waals surface area contributed by atoms with Crippen LogP contribution in [0.1, 0.15) is 13.2 Å². The molecule has 1 aromatic heterocycles. The Morgan fingerprint density at radius 2 is 2.33 bits per heavy atom. The largest absolute Gasteiger partial charge is 0.393 e. The monoisotopic (exact) mass is 302 g/mol. The molecular weight excluding hydrogens is 287 g/mol. The smallest absolute Gasteiger partial charge is 0.330 e. The minimum absolute atomic E-state index is 0.0963. The Morgan fingerprint density at radius 3 is 2.95 bits per heavy atom. The van der Waals surface area contributed by atoms with Gasteiger partial charge in [-0.25, -0.2) is 9.18 Å². The number of nitrogens with one attached hydrogen (secondary N) is 1. The zero-order chi connectivity index (χ0) is 15.3. The number of aliphatic hydroxyl groups is 1. The van der Waals surface area contributed by atoms with E-state index in [4.69, 9.17) is 14.2 Å². The molecule has 2 aliphatic heterocycles. The Kier molecular flexibility index (Phi) is 3.24. The van der Waals surface area contributed by atoms with Crippen LogP contribution in [0, 0.1) is 0 Å². The number of aliphatic hydroxyl groups excluding tert-OH is 1. The molecule has 2 N–H and O–H groups in total. The molecule has 9 heteroatoms. The molecule has 2 saturated heterocycles. The van der Waals surface area contributed by atoms with Gasteiger partial charge in [0.2, 0.25) is 0 Å². The summed E-state index contributed by atoms with van der Waals surface area (Å²) >= 11 is 0. The van der Waals surface area contributed by atoms with Crippen molar-refractivity contribution >= 4 is 0 Å². The number of H-pyrrole nitrogens is 1. The second-order valence-corrected chi connectivity index (χ2v) is 5.34. The third-order valence-electron chi connectivity index (χ3n) is 4.04. The van der Waals surface area contributed by atoms with Crippen molar-refractivity contribution in [1.82, 2.24) is 9.55 Å². The fraction of sp³-hybridized carbons (Fsp3) is 0.667. The van der Waals surface area contributed by atoms with Gasteiger partial charge in [0, 0.05) is 12.3 Å². The van der Waals surface area contributed by atoms with Gasteiger partial charge in [-0.05, 0) is 6.92 Å². The van der Waals surface area contributed by atoms with Gasteiger partial charge in [0.15, 0.2) is 11.8 Å². The van der Waals surface area contributed by atoms with Crippen LogP contribution in [-0.4, -0.2) is 52.0 Å². The first kappa shape index (κ1) is 14.4. The second kappa shape index (κ2) is 4.73. The summed E-state index contributed by atoms with van der Waals surface area (Å²) in [5.74, 6) is 0. The van der Waals surface area contributed by atoms with E-state index in [1.807, 2.05) is 0 Å². The lowest BCUT2D eigenvalue weighted by molar-refractivity contribution is -0.179. The number of ether oxygens (including phenoxy) is 3. The first-order valence-electron chi connectivity index (χ1n) is 6.38. The quantitative estimate of drug-likeness (QED) is 0.734. The van der Waals surface area contributed by atoms with Gasteiger partial charge in [0.25, 0.3) is 5.56 Å². The van der Waals surface area contributed by atoms with Gasteiger partial charge in [-0.2, -0.15) is 0 Å². The third-order valence-corrected chi connectivity index (χ3v) is 4.04. The van der Waals surface area contributed by atoms with Gasteiger partial charge in [-0.15, -0.1) is 0 Å². The van der Waals surface area contributed by atoms with E-state index in [1.165, 1.54) is 6.20 Å². The number of aromatic amines is 1. The van der Waals surface area contributed by atoms with Crippen LogP contribution in [0.4, 0.5) is 4.39 Å². The number of hydrogen-bond donors (Lipinski definition) is 2. The average molecular weight is 302 g/mol. The number of fused-ring (bicyclic) bond motifs is 1. The van der Waals surface area contributed by atoms with Crippen molar-refractivity contribution < 1.29 is 23.7 Å². The van der Waals surface area contributed by atoms with Crippen LogP contribution in [0.2, 0.25) is 0 Å². The summed E-state index contributed by atoms with van der Waals surface area (Å²) in [4.78, 5) is 25.2. The SMILES string of the molecule is CC12OCOC1C(CO)(CF)OC2n1ccc(=O)[nH]c1=O. The highest BCUT2D eigenvalue weighted by atomic mass is 19.1. The summed E-state index contributed by atoms with van der Waals surface area (Å²) in [6, 6.07) is 1.15. The standard InChI is InChI=1S/C12H15FN2O6/c1-11-8(19-6-20-11)12(4-13,5-16)21-9(11)15-3-2-7(17)14-10(15)18/h2-3,8-9,16H,4-6H2,1H3,(H,14,17,18). The summed E-state index contributed by atoms with van der Waals surface area (Å²) < 4.78 is 31.0. The molecule has 1 aromatic rings. The van der Waals surface area contributed by atoms with Crippen molar-refractivity contribution in [2.24, 2.45) is 0 Å². The summed E-state index contributed by atoms with van der Waals surface area (Å²) in [5, 5.41) is 9.51. The predicted octanol–water partition coefficient (Wildman–Crippen LogP) is -1.10. The van der Waals surface area contributed by atoms with Gasteiger partial charge in [-0.3, -0.25) is 14.3 Å². The molecule has 0 aliphatic carbocycles. The van der Waals surface area contributed by atoms with Gasteiger partial charge in [0.1, 0.15) is 25.2 Å². The van der Waals surface area contributed by atoms with Gasteiger partial charge in [-0.1, -0.05) is 0 Å². The normalized spacial score (nSPS) is 38.6. The predicted molar refractivity (Wildman–Crippen MR) is 66.5 cm³/mol. The molecule has 0 saturated carbocycles. The molecule has 2 fully saturated rings. The maximum Gasteiger partial charge on any atom is 0.330 e. The average Bonchev–Trinajstić information content (AvgIpc) is 2.95. The highest BCUT2D eigenvalue weighted by molar-refractivity contribution is 5.11. The number of alkyl halides is 1. The van der Waals surface area contributed by atoms with E-state index < -0.39 is 48.1 Å². The van der Waals surface area contributed by atoms with E-state index in [-0.39, 0.29) is 6.79 Å². The Morgan fingerprint density at radius 1 is 1.57 bits per heavy atom.